The maximum Gasteiger partial charge on any atom is 0.360 e. The van der Waals surface area contributed by atoms with Gasteiger partial charge in [-0.3, -0.25) is 4.68 Å². The van der Waals surface area contributed by atoms with Gasteiger partial charge in [0.2, 0.25) is 0 Å². The van der Waals surface area contributed by atoms with E-state index >= 15 is 0 Å². The number of nitrogens with zero attached hydrogens (tertiary/aromatic N) is 2. The highest BCUT2D eigenvalue weighted by Gasteiger charge is 2.21. The monoisotopic (exact) mass is 302 g/mol. The fraction of sp³-hybridized carbons (Fsp3) is 0.667. The molecule has 0 spiro atoms. The van der Waals surface area contributed by atoms with E-state index in [4.69, 9.17) is 4.74 Å². The lowest BCUT2D eigenvalue weighted by molar-refractivity contribution is 0.0517. The summed E-state index contributed by atoms with van der Waals surface area (Å²) in [5, 5.41) is 4.30. The minimum atomic E-state index is -0.364. The Morgan fingerprint density at radius 3 is 2.59 bits per heavy atom. The highest BCUT2D eigenvalue weighted by molar-refractivity contribution is 9.10. The van der Waals surface area contributed by atoms with E-state index in [9.17, 15) is 4.79 Å². The first-order valence-corrected chi connectivity index (χ1v) is 6.72. The van der Waals surface area contributed by atoms with E-state index in [-0.39, 0.29) is 5.97 Å². The predicted molar refractivity (Wildman–Crippen MR) is 70.1 cm³/mol. The molecule has 0 fully saturated rings. The van der Waals surface area contributed by atoms with Crippen molar-refractivity contribution in [2.45, 2.75) is 40.7 Å². The van der Waals surface area contributed by atoms with Crippen molar-refractivity contribution < 1.29 is 9.53 Å². The number of ether oxygens (including phenoxy) is 1. The van der Waals surface area contributed by atoms with Gasteiger partial charge in [-0.05, 0) is 42.1 Å². The van der Waals surface area contributed by atoms with Crippen LogP contribution in [0.15, 0.2) is 4.47 Å². The molecule has 17 heavy (non-hydrogen) atoms. The third kappa shape index (κ3) is 3.31. The molecule has 0 amide bonds. The number of rotatable bonds is 5. The molecule has 0 aliphatic carbocycles. The van der Waals surface area contributed by atoms with Crippen molar-refractivity contribution in [2.75, 3.05) is 6.61 Å². The highest BCUT2D eigenvalue weighted by Crippen LogP contribution is 2.24. The molecular weight excluding hydrogens is 284 g/mol. The summed E-state index contributed by atoms with van der Waals surface area (Å²) in [5.74, 6) is 0.153. The molecule has 0 N–H and O–H groups in total. The predicted octanol–water partition coefficient (Wildman–Crippen LogP) is 3.04. The molecule has 0 atom stereocenters. The number of halogens is 1. The Morgan fingerprint density at radius 2 is 2.12 bits per heavy atom. The van der Waals surface area contributed by atoms with Crippen molar-refractivity contribution in [1.29, 1.82) is 0 Å². The second-order valence-electron chi connectivity index (χ2n) is 4.24. The fourth-order valence-electron chi connectivity index (χ4n) is 1.65. The van der Waals surface area contributed by atoms with Crippen LogP contribution in [0.2, 0.25) is 0 Å². The van der Waals surface area contributed by atoms with Crippen LogP contribution in [0, 0.1) is 5.92 Å². The lowest BCUT2D eigenvalue weighted by Gasteiger charge is -2.07. The van der Waals surface area contributed by atoms with E-state index in [1.165, 1.54) is 0 Å². The van der Waals surface area contributed by atoms with Crippen LogP contribution in [0.3, 0.4) is 0 Å². The molecule has 1 heterocycles. The lowest BCUT2D eigenvalue weighted by Crippen LogP contribution is -2.08. The second kappa shape index (κ2) is 6.19. The maximum absolute atomic E-state index is 11.7. The summed E-state index contributed by atoms with van der Waals surface area (Å²) >= 11 is 3.46. The largest absolute Gasteiger partial charge is 0.461 e. The van der Waals surface area contributed by atoms with Gasteiger partial charge in [0, 0.05) is 6.54 Å². The number of hydrogen-bond acceptors (Lipinski definition) is 3. The lowest BCUT2D eigenvalue weighted by atomic mass is 10.1. The van der Waals surface area contributed by atoms with Crippen LogP contribution in [0.25, 0.3) is 0 Å². The molecule has 1 rings (SSSR count). The number of aromatic nitrogens is 2. The molecule has 0 bridgehead atoms. The summed E-state index contributed by atoms with van der Waals surface area (Å²) in [6.45, 7) is 9.20. The van der Waals surface area contributed by atoms with Gasteiger partial charge >= 0.3 is 5.97 Å². The molecule has 0 aliphatic rings. The molecule has 96 valence electrons. The van der Waals surface area contributed by atoms with Crippen LogP contribution >= 0.6 is 15.9 Å². The summed E-state index contributed by atoms with van der Waals surface area (Å²) in [7, 11) is 0. The van der Waals surface area contributed by atoms with E-state index in [1.807, 2.05) is 11.6 Å². The van der Waals surface area contributed by atoms with Crippen molar-refractivity contribution in [3.63, 3.8) is 0 Å². The van der Waals surface area contributed by atoms with Gasteiger partial charge in [-0.1, -0.05) is 13.8 Å². The molecule has 5 heteroatoms. The minimum absolute atomic E-state index is 0.364. The molecule has 0 aliphatic heterocycles. The third-order valence-corrected chi connectivity index (χ3v) is 3.20. The van der Waals surface area contributed by atoms with E-state index in [2.05, 4.69) is 34.9 Å². The molecule has 0 saturated heterocycles. The standard InChI is InChI=1S/C12H19BrN2O2/c1-5-15-9(7-8(3)4)10(13)11(14-15)12(16)17-6-2/h8H,5-7H2,1-4H3. The van der Waals surface area contributed by atoms with Gasteiger partial charge < -0.3 is 4.74 Å². The Labute approximate surface area is 110 Å². The highest BCUT2D eigenvalue weighted by atomic mass is 79.9. The number of hydrogen-bond donors (Lipinski definition) is 0. The Bertz CT molecular complexity index is 399. The van der Waals surface area contributed by atoms with Crippen LogP contribution in [-0.4, -0.2) is 22.4 Å². The second-order valence-corrected chi connectivity index (χ2v) is 5.04. The Kier molecular flexibility index (Phi) is 5.18. The van der Waals surface area contributed by atoms with Gasteiger partial charge in [-0.25, -0.2) is 4.79 Å². The Balaban J connectivity index is 3.09. The molecule has 0 unspecified atom stereocenters. The number of carbonyl (C=O) groups is 1. The molecule has 0 aromatic carbocycles. The van der Waals surface area contributed by atoms with Crippen molar-refractivity contribution in [2.24, 2.45) is 5.92 Å². The van der Waals surface area contributed by atoms with Gasteiger partial charge in [-0.2, -0.15) is 5.10 Å². The van der Waals surface area contributed by atoms with Crippen LogP contribution < -0.4 is 0 Å². The van der Waals surface area contributed by atoms with Crippen LogP contribution in [0.1, 0.15) is 43.9 Å². The fourth-order valence-corrected chi connectivity index (χ4v) is 2.26. The van der Waals surface area contributed by atoms with Crippen molar-refractivity contribution >= 4 is 21.9 Å². The van der Waals surface area contributed by atoms with Crippen LogP contribution in [0.5, 0.6) is 0 Å². The van der Waals surface area contributed by atoms with Gasteiger partial charge in [0.1, 0.15) is 0 Å². The van der Waals surface area contributed by atoms with E-state index in [0.717, 1.165) is 23.1 Å². The van der Waals surface area contributed by atoms with E-state index in [1.54, 1.807) is 6.92 Å². The van der Waals surface area contributed by atoms with Gasteiger partial charge in [-0.15, -0.1) is 0 Å². The van der Waals surface area contributed by atoms with E-state index < -0.39 is 0 Å². The summed E-state index contributed by atoms with van der Waals surface area (Å²) in [4.78, 5) is 11.7. The molecule has 0 radical (unpaired) electrons. The average Bonchev–Trinajstić information content (AvgIpc) is 2.56. The zero-order chi connectivity index (χ0) is 13.0. The number of carbonyl (C=O) groups excluding carboxylic acids is 1. The summed E-state index contributed by atoms with van der Waals surface area (Å²) < 4.78 is 7.61. The Hall–Kier alpha value is -0.840. The topological polar surface area (TPSA) is 44.1 Å². The third-order valence-electron chi connectivity index (χ3n) is 2.36. The summed E-state index contributed by atoms with van der Waals surface area (Å²) in [6.07, 6.45) is 0.890. The maximum atomic E-state index is 11.7. The average molecular weight is 303 g/mol. The Morgan fingerprint density at radius 1 is 1.47 bits per heavy atom. The molecule has 0 saturated carbocycles. The first-order valence-electron chi connectivity index (χ1n) is 5.93. The zero-order valence-corrected chi connectivity index (χ0v) is 12.4. The first-order chi connectivity index (χ1) is 8.01. The van der Waals surface area contributed by atoms with Crippen LogP contribution in [0.4, 0.5) is 0 Å². The summed E-state index contributed by atoms with van der Waals surface area (Å²) in [6, 6.07) is 0. The molecule has 1 aromatic rings. The zero-order valence-electron chi connectivity index (χ0n) is 10.8. The van der Waals surface area contributed by atoms with Crippen molar-refractivity contribution in [3.8, 4) is 0 Å². The molecular formula is C12H19BrN2O2. The first kappa shape index (κ1) is 14.2. The number of aryl methyl sites for hydroxylation is 1. The smallest absolute Gasteiger partial charge is 0.360 e. The minimum Gasteiger partial charge on any atom is -0.461 e. The normalized spacial score (nSPS) is 10.9. The van der Waals surface area contributed by atoms with Gasteiger partial charge in [0.05, 0.1) is 16.8 Å². The van der Waals surface area contributed by atoms with Gasteiger partial charge in [0.25, 0.3) is 0 Å². The SMILES string of the molecule is CCOC(=O)c1nn(CC)c(CC(C)C)c1Br. The van der Waals surface area contributed by atoms with Crippen molar-refractivity contribution in [3.05, 3.63) is 15.9 Å². The molecule has 1 aromatic heterocycles. The number of esters is 1. The van der Waals surface area contributed by atoms with Gasteiger partial charge in [0.15, 0.2) is 5.69 Å². The van der Waals surface area contributed by atoms with E-state index in [0.29, 0.717) is 18.2 Å². The summed E-state index contributed by atoms with van der Waals surface area (Å²) in [5.41, 5.74) is 1.44. The quantitative estimate of drug-likeness (QED) is 0.785. The molecule has 4 nitrogen and oxygen atoms in total. The van der Waals surface area contributed by atoms with Crippen LogP contribution in [-0.2, 0) is 17.7 Å². The van der Waals surface area contributed by atoms with Crippen molar-refractivity contribution in [1.82, 2.24) is 9.78 Å².